The fourth-order valence-electron chi connectivity index (χ4n) is 2.13. The quantitative estimate of drug-likeness (QED) is 0.736. The zero-order chi connectivity index (χ0) is 13.7. The monoisotopic (exact) mass is 268 g/mol. The summed E-state index contributed by atoms with van der Waals surface area (Å²) in [5, 5.41) is 10.9. The van der Waals surface area contributed by atoms with E-state index in [2.05, 4.69) is 15.5 Å². The van der Waals surface area contributed by atoms with Crippen LogP contribution in [0, 0.1) is 0 Å². The first kappa shape index (κ1) is 14.3. The summed E-state index contributed by atoms with van der Waals surface area (Å²) in [4.78, 5) is 0. The van der Waals surface area contributed by atoms with Crippen molar-refractivity contribution in [2.24, 2.45) is 5.73 Å². The Morgan fingerprint density at radius 3 is 2.74 bits per heavy atom. The molecule has 0 spiro atoms. The third-order valence-corrected chi connectivity index (χ3v) is 3.23. The highest BCUT2D eigenvalue weighted by Crippen LogP contribution is 2.21. The van der Waals surface area contributed by atoms with E-state index in [-0.39, 0.29) is 0 Å². The first-order valence-electron chi connectivity index (χ1n) is 7.04. The van der Waals surface area contributed by atoms with Gasteiger partial charge >= 0.3 is 6.01 Å². The van der Waals surface area contributed by atoms with Crippen LogP contribution in [0.4, 0.5) is 6.01 Å². The minimum Gasteiger partial charge on any atom is -0.406 e. The van der Waals surface area contributed by atoms with Gasteiger partial charge in [-0.2, -0.15) is 0 Å². The minimum absolute atomic E-state index is 0.425. The van der Waals surface area contributed by atoms with E-state index in [4.69, 9.17) is 14.9 Å². The number of hydrogen-bond donors (Lipinski definition) is 2. The largest absolute Gasteiger partial charge is 0.406 e. The summed E-state index contributed by atoms with van der Waals surface area (Å²) in [5.74, 6) is 0.442. The molecule has 1 aromatic rings. The standard InChI is InChI=1S/C13H24N4O2/c1-13(2,14)11-16-17-12(19-11)15-8-5-9-18-10-6-3-4-7-10/h10H,3-9,14H2,1-2H3,(H,15,17). The number of ether oxygens (including phenoxy) is 1. The molecule has 108 valence electrons. The molecule has 19 heavy (non-hydrogen) atoms. The van der Waals surface area contributed by atoms with Gasteiger partial charge in [0.15, 0.2) is 0 Å². The van der Waals surface area contributed by atoms with E-state index in [1.165, 1.54) is 25.7 Å². The lowest BCUT2D eigenvalue weighted by Crippen LogP contribution is -2.29. The first-order valence-corrected chi connectivity index (χ1v) is 7.04. The van der Waals surface area contributed by atoms with Crippen molar-refractivity contribution in [3.8, 4) is 0 Å². The Morgan fingerprint density at radius 2 is 2.11 bits per heavy atom. The van der Waals surface area contributed by atoms with E-state index >= 15 is 0 Å². The van der Waals surface area contributed by atoms with Crippen LogP contribution in [0.2, 0.25) is 0 Å². The highest BCUT2D eigenvalue weighted by atomic mass is 16.5. The van der Waals surface area contributed by atoms with Gasteiger partial charge in [-0.05, 0) is 33.1 Å². The number of hydrogen-bond acceptors (Lipinski definition) is 6. The molecule has 0 radical (unpaired) electrons. The van der Waals surface area contributed by atoms with Crippen molar-refractivity contribution >= 4 is 6.01 Å². The van der Waals surface area contributed by atoms with Gasteiger partial charge in [0, 0.05) is 13.2 Å². The molecule has 1 saturated carbocycles. The summed E-state index contributed by atoms with van der Waals surface area (Å²) in [6.45, 7) is 5.21. The fourth-order valence-corrected chi connectivity index (χ4v) is 2.13. The topological polar surface area (TPSA) is 86.2 Å². The van der Waals surface area contributed by atoms with Crippen LogP contribution in [0.1, 0.15) is 51.8 Å². The second kappa shape index (κ2) is 6.34. The average molecular weight is 268 g/mol. The Bertz CT molecular complexity index is 380. The van der Waals surface area contributed by atoms with Gasteiger partial charge in [-0.25, -0.2) is 0 Å². The lowest BCUT2D eigenvalue weighted by atomic mass is 10.1. The molecule has 1 aromatic heterocycles. The number of nitrogens with one attached hydrogen (secondary N) is 1. The molecule has 1 fully saturated rings. The summed E-state index contributed by atoms with van der Waals surface area (Å²) < 4.78 is 11.2. The summed E-state index contributed by atoms with van der Waals surface area (Å²) in [5.41, 5.74) is 5.27. The minimum atomic E-state index is -0.599. The number of rotatable bonds is 7. The predicted octanol–water partition coefficient (Wildman–Crippen LogP) is 2.02. The van der Waals surface area contributed by atoms with Crippen molar-refractivity contribution in [3.63, 3.8) is 0 Å². The molecule has 0 aromatic carbocycles. The van der Waals surface area contributed by atoms with E-state index in [1.807, 2.05) is 13.8 Å². The van der Waals surface area contributed by atoms with Gasteiger partial charge < -0.3 is 20.2 Å². The Kier molecular flexibility index (Phi) is 4.76. The van der Waals surface area contributed by atoms with Crippen molar-refractivity contribution in [2.45, 2.75) is 57.6 Å². The summed E-state index contributed by atoms with van der Waals surface area (Å²) in [6, 6.07) is 0.425. The Balaban J connectivity index is 1.61. The van der Waals surface area contributed by atoms with Crippen LogP contribution in [0.5, 0.6) is 0 Å². The zero-order valence-corrected chi connectivity index (χ0v) is 11.8. The Labute approximate surface area is 114 Å². The highest BCUT2D eigenvalue weighted by Gasteiger charge is 2.21. The third-order valence-electron chi connectivity index (χ3n) is 3.23. The predicted molar refractivity (Wildman–Crippen MR) is 72.8 cm³/mol. The fraction of sp³-hybridized carbons (Fsp3) is 0.846. The molecular weight excluding hydrogens is 244 g/mol. The average Bonchev–Trinajstić information content (AvgIpc) is 2.97. The van der Waals surface area contributed by atoms with Gasteiger partial charge in [-0.15, -0.1) is 5.10 Å². The van der Waals surface area contributed by atoms with Gasteiger partial charge in [0.05, 0.1) is 11.6 Å². The maximum atomic E-state index is 5.87. The molecule has 0 atom stereocenters. The normalized spacial score (nSPS) is 17.0. The van der Waals surface area contributed by atoms with Crippen LogP contribution in [0.15, 0.2) is 4.42 Å². The molecule has 0 unspecified atom stereocenters. The molecular formula is C13H24N4O2. The smallest absolute Gasteiger partial charge is 0.315 e. The maximum absolute atomic E-state index is 5.87. The van der Waals surface area contributed by atoms with E-state index < -0.39 is 5.54 Å². The molecule has 3 N–H and O–H groups in total. The Hall–Kier alpha value is -1.14. The van der Waals surface area contributed by atoms with Gasteiger partial charge in [-0.1, -0.05) is 17.9 Å². The molecule has 1 heterocycles. The Morgan fingerprint density at radius 1 is 1.37 bits per heavy atom. The van der Waals surface area contributed by atoms with Crippen molar-refractivity contribution in [3.05, 3.63) is 5.89 Å². The molecule has 0 amide bonds. The lowest BCUT2D eigenvalue weighted by Gasteiger charge is -2.11. The third kappa shape index (κ3) is 4.47. The SMILES string of the molecule is CC(C)(N)c1nnc(NCCCOC2CCCC2)o1. The number of nitrogens with two attached hydrogens (primary N) is 1. The summed E-state index contributed by atoms with van der Waals surface area (Å²) >= 11 is 0. The number of nitrogens with zero attached hydrogens (tertiary/aromatic N) is 2. The van der Waals surface area contributed by atoms with Crippen molar-refractivity contribution in [2.75, 3.05) is 18.5 Å². The van der Waals surface area contributed by atoms with Crippen LogP contribution in [0.3, 0.4) is 0 Å². The maximum Gasteiger partial charge on any atom is 0.315 e. The molecule has 6 nitrogen and oxygen atoms in total. The van der Waals surface area contributed by atoms with Crippen LogP contribution >= 0.6 is 0 Å². The van der Waals surface area contributed by atoms with Crippen LogP contribution < -0.4 is 11.1 Å². The summed E-state index contributed by atoms with van der Waals surface area (Å²) in [7, 11) is 0. The van der Waals surface area contributed by atoms with Crippen molar-refractivity contribution < 1.29 is 9.15 Å². The van der Waals surface area contributed by atoms with E-state index in [0.29, 0.717) is 18.0 Å². The van der Waals surface area contributed by atoms with Crippen LogP contribution in [0.25, 0.3) is 0 Å². The molecule has 0 aliphatic heterocycles. The van der Waals surface area contributed by atoms with Gasteiger partial charge in [-0.3, -0.25) is 0 Å². The van der Waals surface area contributed by atoms with Crippen LogP contribution in [-0.4, -0.2) is 29.5 Å². The molecule has 1 aliphatic rings. The van der Waals surface area contributed by atoms with E-state index in [0.717, 1.165) is 19.6 Å². The van der Waals surface area contributed by atoms with Crippen molar-refractivity contribution in [1.29, 1.82) is 0 Å². The van der Waals surface area contributed by atoms with Gasteiger partial charge in [0.25, 0.3) is 0 Å². The van der Waals surface area contributed by atoms with E-state index in [9.17, 15) is 0 Å². The van der Waals surface area contributed by atoms with Gasteiger partial charge in [0.2, 0.25) is 5.89 Å². The number of aromatic nitrogens is 2. The molecule has 0 bridgehead atoms. The highest BCUT2D eigenvalue weighted by molar-refractivity contribution is 5.17. The van der Waals surface area contributed by atoms with E-state index in [1.54, 1.807) is 0 Å². The molecule has 0 saturated heterocycles. The number of anilines is 1. The second-order valence-electron chi connectivity index (χ2n) is 5.69. The van der Waals surface area contributed by atoms with Crippen LogP contribution in [-0.2, 0) is 10.3 Å². The zero-order valence-electron chi connectivity index (χ0n) is 11.8. The molecule has 2 rings (SSSR count). The summed E-state index contributed by atoms with van der Waals surface area (Å²) in [6.07, 6.45) is 6.46. The van der Waals surface area contributed by atoms with Gasteiger partial charge in [0.1, 0.15) is 0 Å². The molecule has 1 aliphatic carbocycles. The van der Waals surface area contributed by atoms with Crippen molar-refractivity contribution in [1.82, 2.24) is 10.2 Å². The molecule has 6 heteroatoms. The first-order chi connectivity index (χ1) is 9.05. The lowest BCUT2D eigenvalue weighted by molar-refractivity contribution is 0.0582. The second-order valence-corrected chi connectivity index (χ2v) is 5.69.